The molecule has 0 saturated heterocycles. The average Bonchev–Trinajstić information content (AvgIpc) is 2.73. The van der Waals surface area contributed by atoms with Crippen molar-refractivity contribution in [3.8, 4) is 11.6 Å². The zero-order chi connectivity index (χ0) is 12.1. The van der Waals surface area contributed by atoms with Crippen molar-refractivity contribution in [1.82, 2.24) is 9.78 Å². The van der Waals surface area contributed by atoms with E-state index in [1.54, 1.807) is 25.4 Å². The molecule has 0 bridgehead atoms. The Labute approximate surface area is 98.6 Å². The maximum atomic E-state index is 10.9. The zero-order valence-corrected chi connectivity index (χ0v) is 9.37. The fourth-order valence-electron chi connectivity index (χ4n) is 1.38. The topological polar surface area (TPSA) is 53.4 Å². The summed E-state index contributed by atoms with van der Waals surface area (Å²) < 4.78 is 11.9. The monoisotopic (exact) mass is 232 g/mol. The molecule has 5 heteroatoms. The molecule has 0 N–H and O–H groups in total. The highest BCUT2D eigenvalue weighted by molar-refractivity contribution is 5.77. The van der Waals surface area contributed by atoms with Gasteiger partial charge in [-0.2, -0.15) is 0 Å². The number of ether oxygens (including phenoxy) is 2. The van der Waals surface area contributed by atoms with E-state index < -0.39 is 0 Å². The van der Waals surface area contributed by atoms with Crippen LogP contribution in [0.15, 0.2) is 36.5 Å². The van der Waals surface area contributed by atoms with Crippen LogP contribution in [0.4, 0.5) is 0 Å². The first-order valence-corrected chi connectivity index (χ1v) is 5.08. The first-order chi connectivity index (χ1) is 8.33. The van der Waals surface area contributed by atoms with Gasteiger partial charge in [0.25, 0.3) is 0 Å². The second-order valence-corrected chi connectivity index (χ2v) is 3.38. The van der Waals surface area contributed by atoms with Gasteiger partial charge in [0.1, 0.15) is 12.5 Å². The number of aromatic nitrogens is 2. The van der Waals surface area contributed by atoms with E-state index in [1.807, 2.05) is 18.2 Å². The molecule has 0 fully saturated rings. The average molecular weight is 232 g/mol. The molecule has 0 atom stereocenters. The summed E-state index contributed by atoms with van der Waals surface area (Å²) >= 11 is 0. The van der Waals surface area contributed by atoms with Crippen molar-refractivity contribution >= 4 is 6.29 Å². The third kappa shape index (κ3) is 2.70. The molecule has 1 aromatic heterocycles. The van der Waals surface area contributed by atoms with E-state index in [2.05, 4.69) is 5.10 Å². The van der Waals surface area contributed by atoms with Crippen LogP contribution >= 0.6 is 0 Å². The molecule has 0 aliphatic carbocycles. The van der Waals surface area contributed by atoms with Crippen molar-refractivity contribution in [2.45, 2.75) is 6.73 Å². The van der Waals surface area contributed by atoms with Crippen LogP contribution in [-0.4, -0.2) is 23.2 Å². The Morgan fingerprint density at radius 3 is 2.76 bits per heavy atom. The first-order valence-electron chi connectivity index (χ1n) is 5.08. The summed E-state index contributed by atoms with van der Waals surface area (Å²) in [5.74, 6) is 0.918. The van der Waals surface area contributed by atoms with Crippen LogP contribution in [0.25, 0.3) is 0 Å². The van der Waals surface area contributed by atoms with Gasteiger partial charge in [-0.15, -0.1) is 5.10 Å². The largest absolute Gasteiger partial charge is 0.437 e. The second-order valence-electron chi connectivity index (χ2n) is 3.38. The summed E-state index contributed by atoms with van der Waals surface area (Å²) in [6.07, 6.45) is 2.28. The minimum Gasteiger partial charge on any atom is -0.437 e. The Hall–Kier alpha value is -2.14. The third-order valence-electron chi connectivity index (χ3n) is 2.10. The van der Waals surface area contributed by atoms with Crippen molar-refractivity contribution in [1.29, 1.82) is 0 Å². The molecule has 0 radical (unpaired) electrons. The Bertz CT molecular complexity index is 494. The van der Waals surface area contributed by atoms with Crippen molar-refractivity contribution in [2.24, 2.45) is 0 Å². The smallest absolute Gasteiger partial charge is 0.249 e. The first kappa shape index (κ1) is 11.3. The molecule has 0 aliphatic rings. The molecular weight excluding hydrogens is 220 g/mol. The van der Waals surface area contributed by atoms with Gasteiger partial charge < -0.3 is 9.47 Å². The van der Waals surface area contributed by atoms with Crippen LogP contribution in [0.2, 0.25) is 0 Å². The molecular formula is C12H12N2O3. The van der Waals surface area contributed by atoms with Crippen LogP contribution in [0, 0.1) is 0 Å². The lowest BCUT2D eigenvalue weighted by Gasteiger charge is -2.01. The Morgan fingerprint density at radius 2 is 2.12 bits per heavy atom. The number of rotatable bonds is 5. The van der Waals surface area contributed by atoms with E-state index in [0.717, 1.165) is 0 Å². The summed E-state index contributed by atoms with van der Waals surface area (Å²) in [5, 5.41) is 4.10. The van der Waals surface area contributed by atoms with Gasteiger partial charge in [0, 0.05) is 13.3 Å². The van der Waals surface area contributed by atoms with Crippen LogP contribution in [-0.2, 0) is 11.5 Å². The Balaban J connectivity index is 2.22. The van der Waals surface area contributed by atoms with Gasteiger partial charge >= 0.3 is 0 Å². The molecule has 0 aliphatic heterocycles. The lowest BCUT2D eigenvalue weighted by Crippen LogP contribution is -1.99. The SMILES string of the molecule is COCn1cc(C=O)c(Oc2ccccc2)n1. The number of hydrogen-bond acceptors (Lipinski definition) is 4. The standard InChI is InChI=1S/C12H12N2O3/c1-16-9-14-7-10(8-15)12(13-14)17-11-5-3-2-4-6-11/h2-8H,9H2,1H3. The molecule has 88 valence electrons. The second kappa shape index (κ2) is 5.27. The van der Waals surface area contributed by atoms with E-state index in [0.29, 0.717) is 17.6 Å². The minimum absolute atomic E-state index is 0.277. The molecule has 17 heavy (non-hydrogen) atoms. The van der Waals surface area contributed by atoms with E-state index >= 15 is 0 Å². The van der Waals surface area contributed by atoms with Crippen LogP contribution in [0.3, 0.4) is 0 Å². The fraction of sp³-hybridized carbons (Fsp3) is 0.167. The van der Waals surface area contributed by atoms with Crippen LogP contribution < -0.4 is 4.74 Å². The normalized spacial score (nSPS) is 10.2. The van der Waals surface area contributed by atoms with Gasteiger partial charge in [0.2, 0.25) is 5.88 Å². The predicted octanol–water partition coefficient (Wildman–Crippen LogP) is 2.09. The molecule has 1 heterocycles. The highest BCUT2D eigenvalue weighted by atomic mass is 16.5. The number of para-hydroxylation sites is 1. The van der Waals surface area contributed by atoms with Gasteiger partial charge in [-0.05, 0) is 12.1 Å². The quantitative estimate of drug-likeness (QED) is 0.741. The maximum Gasteiger partial charge on any atom is 0.249 e. The number of aldehydes is 1. The van der Waals surface area contributed by atoms with E-state index in [-0.39, 0.29) is 12.6 Å². The van der Waals surface area contributed by atoms with Crippen molar-refractivity contribution in [3.05, 3.63) is 42.1 Å². The highest BCUT2D eigenvalue weighted by Gasteiger charge is 2.10. The van der Waals surface area contributed by atoms with Crippen LogP contribution in [0.5, 0.6) is 11.6 Å². The number of hydrogen-bond donors (Lipinski definition) is 0. The molecule has 2 rings (SSSR count). The molecule has 0 amide bonds. The molecule has 5 nitrogen and oxygen atoms in total. The summed E-state index contributed by atoms with van der Waals surface area (Å²) in [6.45, 7) is 0.277. The van der Waals surface area contributed by atoms with Gasteiger partial charge in [-0.3, -0.25) is 4.79 Å². The maximum absolute atomic E-state index is 10.9. The summed E-state index contributed by atoms with van der Waals surface area (Å²) in [6, 6.07) is 9.18. The summed E-state index contributed by atoms with van der Waals surface area (Å²) in [7, 11) is 1.56. The molecule has 1 aromatic carbocycles. The number of carbonyl (C=O) groups excluding carboxylic acids is 1. The molecule has 0 spiro atoms. The van der Waals surface area contributed by atoms with Gasteiger partial charge in [0.15, 0.2) is 6.29 Å². The van der Waals surface area contributed by atoms with Crippen molar-refractivity contribution in [3.63, 3.8) is 0 Å². The third-order valence-corrected chi connectivity index (χ3v) is 2.10. The molecule has 2 aromatic rings. The Kier molecular flexibility index (Phi) is 3.52. The fourth-order valence-corrected chi connectivity index (χ4v) is 1.38. The van der Waals surface area contributed by atoms with Crippen molar-refractivity contribution in [2.75, 3.05) is 7.11 Å². The number of carbonyl (C=O) groups is 1. The minimum atomic E-state index is 0.277. The van der Waals surface area contributed by atoms with E-state index in [1.165, 1.54) is 4.68 Å². The highest BCUT2D eigenvalue weighted by Crippen LogP contribution is 2.22. The number of benzene rings is 1. The molecule has 0 unspecified atom stereocenters. The lowest BCUT2D eigenvalue weighted by atomic mass is 10.3. The van der Waals surface area contributed by atoms with Gasteiger partial charge in [0.05, 0.1) is 5.56 Å². The number of nitrogens with zero attached hydrogens (tertiary/aromatic N) is 2. The zero-order valence-electron chi connectivity index (χ0n) is 9.37. The lowest BCUT2D eigenvalue weighted by molar-refractivity contribution is 0.111. The van der Waals surface area contributed by atoms with Gasteiger partial charge in [-0.1, -0.05) is 18.2 Å². The molecule has 0 saturated carbocycles. The van der Waals surface area contributed by atoms with Crippen LogP contribution in [0.1, 0.15) is 10.4 Å². The van der Waals surface area contributed by atoms with Crippen molar-refractivity contribution < 1.29 is 14.3 Å². The summed E-state index contributed by atoms with van der Waals surface area (Å²) in [5.41, 5.74) is 0.394. The van der Waals surface area contributed by atoms with E-state index in [9.17, 15) is 4.79 Å². The van der Waals surface area contributed by atoms with E-state index in [4.69, 9.17) is 9.47 Å². The Morgan fingerprint density at radius 1 is 1.35 bits per heavy atom. The summed E-state index contributed by atoms with van der Waals surface area (Å²) in [4.78, 5) is 10.9. The predicted molar refractivity (Wildman–Crippen MR) is 61.1 cm³/mol. The van der Waals surface area contributed by atoms with Gasteiger partial charge in [-0.25, -0.2) is 4.68 Å². The number of methoxy groups -OCH3 is 1.